The number of hydrogen-bond donors (Lipinski definition) is 1. The number of carbonyl (C=O) groups is 1. The summed E-state index contributed by atoms with van der Waals surface area (Å²) >= 11 is 1.44. The number of thioether (sulfide) groups is 1. The standard InChI is InChI=1S/C15H26N4O2S/c1-6-21-13(20)11-9-17-14(22-5)18-12(11)19(8-7-16)10-15(2,3)4/h9H,6-8,10,16H2,1-5H3. The van der Waals surface area contributed by atoms with Crippen LogP contribution in [0, 0.1) is 5.41 Å². The molecule has 1 rings (SSSR count). The molecule has 7 heteroatoms. The average molecular weight is 326 g/mol. The van der Waals surface area contributed by atoms with E-state index in [0.717, 1.165) is 6.54 Å². The fraction of sp³-hybridized carbons (Fsp3) is 0.667. The molecule has 124 valence electrons. The first-order chi connectivity index (χ1) is 10.3. The second-order valence-corrected chi connectivity index (χ2v) is 6.86. The van der Waals surface area contributed by atoms with E-state index in [-0.39, 0.29) is 5.41 Å². The van der Waals surface area contributed by atoms with Gasteiger partial charge in [0.15, 0.2) is 5.16 Å². The molecule has 0 amide bonds. The molecule has 0 saturated carbocycles. The Hall–Kier alpha value is -1.34. The number of esters is 1. The maximum absolute atomic E-state index is 12.2. The summed E-state index contributed by atoms with van der Waals surface area (Å²) in [6.45, 7) is 10.3. The van der Waals surface area contributed by atoms with E-state index >= 15 is 0 Å². The van der Waals surface area contributed by atoms with E-state index in [9.17, 15) is 4.79 Å². The summed E-state index contributed by atoms with van der Waals surface area (Å²) in [6, 6.07) is 0. The summed E-state index contributed by atoms with van der Waals surface area (Å²) in [6.07, 6.45) is 3.44. The number of aromatic nitrogens is 2. The molecule has 0 atom stereocenters. The second-order valence-electron chi connectivity index (χ2n) is 6.09. The van der Waals surface area contributed by atoms with Crippen LogP contribution in [-0.4, -0.2) is 48.4 Å². The van der Waals surface area contributed by atoms with Crippen LogP contribution in [0.4, 0.5) is 5.82 Å². The van der Waals surface area contributed by atoms with Gasteiger partial charge in [0, 0.05) is 25.8 Å². The third-order valence-corrected chi connectivity index (χ3v) is 3.35. The lowest BCUT2D eigenvalue weighted by Crippen LogP contribution is -2.38. The van der Waals surface area contributed by atoms with Crippen molar-refractivity contribution in [3.63, 3.8) is 0 Å². The van der Waals surface area contributed by atoms with Crippen LogP contribution in [0.15, 0.2) is 11.4 Å². The van der Waals surface area contributed by atoms with Crippen LogP contribution in [0.25, 0.3) is 0 Å². The monoisotopic (exact) mass is 326 g/mol. The van der Waals surface area contributed by atoms with Crippen molar-refractivity contribution < 1.29 is 9.53 Å². The fourth-order valence-electron chi connectivity index (χ4n) is 2.04. The summed E-state index contributed by atoms with van der Waals surface area (Å²) in [5, 5.41) is 0.624. The maximum Gasteiger partial charge on any atom is 0.343 e. The SMILES string of the molecule is CCOC(=O)c1cnc(SC)nc1N(CCN)CC(C)(C)C. The van der Waals surface area contributed by atoms with E-state index in [2.05, 4.69) is 30.7 Å². The fourth-order valence-corrected chi connectivity index (χ4v) is 2.37. The smallest absolute Gasteiger partial charge is 0.343 e. The Morgan fingerprint density at radius 2 is 2.14 bits per heavy atom. The minimum atomic E-state index is -0.402. The molecule has 1 aromatic heterocycles. The zero-order valence-electron chi connectivity index (χ0n) is 14.0. The van der Waals surface area contributed by atoms with Gasteiger partial charge in [0.2, 0.25) is 0 Å². The first-order valence-corrected chi connectivity index (χ1v) is 8.58. The van der Waals surface area contributed by atoms with Crippen LogP contribution in [0.1, 0.15) is 38.1 Å². The van der Waals surface area contributed by atoms with E-state index in [1.165, 1.54) is 11.8 Å². The van der Waals surface area contributed by atoms with Crippen LogP contribution in [0.2, 0.25) is 0 Å². The van der Waals surface area contributed by atoms with Gasteiger partial charge in [-0.05, 0) is 18.6 Å². The average Bonchev–Trinajstić information content (AvgIpc) is 2.45. The van der Waals surface area contributed by atoms with Crippen LogP contribution in [0.3, 0.4) is 0 Å². The van der Waals surface area contributed by atoms with Gasteiger partial charge < -0.3 is 15.4 Å². The minimum absolute atomic E-state index is 0.0472. The highest BCUT2D eigenvalue weighted by molar-refractivity contribution is 7.98. The van der Waals surface area contributed by atoms with E-state index in [4.69, 9.17) is 10.5 Å². The molecule has 0 aliphatic carbocycles. The molecule has 1 heterocycles. The molecule has 1 aromatic rings. The Bertz CT molecular complexity index is 503. The summed E-state index contributed by atoms with van der Waals surface area (Å²) in [7, 11) is 0. The second kappa shape index (κ2) is 8.33. The zero-order valence-corrected chi connectivity index (χ0v) is 14.9. The number of hydrogen-bond acceptors (Lipinski definition) is 7. The van der Waals surface area contributed by atoms with E-state index in [1.807, 2.05) is 11.2 Å². The van der Waals surface area contributed by atoms with Gasteiger partial charge in [-0.15, -0.1) is 0 Å². The van der Waals surface area contributed by atoms with Gasteiger partial charge in [-0.3, -0.25) is 0 Å². The molecule has 0 spiro atoms. The van der Waals surface area contributed by atoms with Gasteiger partial charge in [-0.1, -0.05) is 32.5 Å². The molecule has 0 fully saturated rings. The topological polar surface area (TPSA) is 81.3 Å². The lowest BCUT2D eigenvalue weighted by Gasteiger charge is -2.31. The molecule has 0 aliphatic heterocycles. The van der Waals surface area contributed by atoms with Crippen LogP contribution in [0.5, 0.6) is 0 Å². The van der Waals surface area contributed by atoms with Crippen LogP contribution >= 0.6 is 11.8 Å². The summed E-state index contributed by atoms with van der Waals surface area (Å²) < 4.78 is 5.12. The predicted octanol–water partition coefficient (Wildman–Crippen LogP) is 2.19. The molecular formula is C15H26N4O2S. The molecule has 0 saturated heterocycles. The lowest BCUT2D eigenvalue weighted by atomic mass is 9.96. The van der Waals surface area contributed by atoms with Gasteiger partial charge in [0.25, 0.3) is 0 Å². The summed E-state index contributed by atoms with van der Waals surface area (Å²) in [5.74, 6) is 0.194. The Morgan fingerprint density at radius 3 is 2.64 bits per heavy atom. The molecule has 6 nitrogen and oxygen atoms in total. The first-order valence-electron chi connectivity index (χ1n) is 7.35. The van der Waals surface area contributed by atoms with Crippen molar-refractivity contribution in [2.45, 2.75) is 32.9 Å². The molecular weight excluding hydrogens is 300 g/mol. The molecule has 0 aliphatic rings. The Kier molecular flexibility index (Phi) is 7.09. The largest absolute Gasteiger partial charge is 0.462 e. The number of nitrogens with two attached hydrogens (primary N) is 1. The van der Waals surface area contributed by atoms with Crippen LogP contribution in [-0.2, 0) is 4.74 Å². The Labute approximate surface area is 136 Å². The molecule has 2 N–H and O–H groups in total. The first kappa shape index (κ1) is 18.7. The summed E-state index contributed by atoms with van der Waals surface area (Å²) in [5.41, 5.74) is 6.17. The van der Waals surface area contributed by atoms with Crippen LogP contribution < -0.4 is 10.6 Å². The highest BCUT2D eigenvalue weighted by Crippen LogP contribution is 2.25. The van der Waals surface area contributed by atoms with Gasteiger partial charge >= 0.3 is 5.97 Å². The van der Waals surface area contributed by atoms with Gasteiger partial charge in [-0.25, -0.2) is 14.8 Å². The Balaban J connectivity index is 3.27. The molecule has 0 unspecified atom stereocenters. The quantitative estimate of drug-likeness (QED) is 0.467. The number of nitrogens with zero attached hydrogens (tertiary/aromatic N) is 3. The highest BCUT2D eigenvalue weighted by atomic mass is 32.2. The van der Waals surface area contributed by atoms with Gasteiger partial charge in [0.1, 0.15) is 11.4 Å². The van der Waals surface area contributed by atoms with Crippen molar-refractivity contribution in [1.29, 1.82) is 0 Å². The number of carbonyl (C=O) groups excluding carboxylic acids is 1. The molecule has 22 heavy (non-hydrogen) atoms. The van der Waals surface area contributed by atoms with Crippen molar-refractivity contribution in [2.24, 2.45) is 11.1 Å². The zero-order chi connectivity index (χ0) is 16.8. The number of rotatable bonds is 7. The Morgan fingerprint density at radius 1 is 1.45 bits per heavy atom. The minimum Gasteiger partial charge on any atom is -0.462 e. The van der Waals surface area contributed by atoms with E-state index in [1.54, 1.807) is 13.1 Å². The van der Waals surface area contributed by atoms with E-state index in [0.29, 0.717) is 36.2 Å². The van der Waals surface area contributed by atoms with E-state index < -0.39 is 5.97 Å². The predicted molar refractivity (Wildman–Crippen MR) is 90.5 cm³/mol. The van der Waals surface area contributed by atoms with Crippen molar-refractivity contribution in [3.8, 4) is 0 Å². The normalized spacial score (nSPS) is 11.4. The number of ether oxygens (including phenoxy) is 1. The van der Waals surface area contributed by atoms with Gasteiger partial charge in [0.05, 0.1) is 6.61 Å². The number of anilines is 1. The molecule has 0 bridgehead atoms. The van der Waals surface area contributed by atoms with Crippen molar-refractivity contribution in [1.82, 2.24) is 9.97 Å². The van der Waals surface area contributed by atoms with Gasteiger partial charge in [-0.2, -0.15) is 0 Å². The highest BCUT2D eigenvalue weighted by Gasteiger charge is 2.24. The van der Waals surface area contributed by atoms with Crippen molar-refractivity contribution in [3.05, 3.63) is 11.8 Å². The molecule has 0 radical (unpaired) electrons. The van der Waals surface area contributed by atoms with Crippen molar-refractivity contribution in [2.75, 3.05) is 37.4 Å². The third-order valence-electron chi connectivity index (χ3n) is 2.79. The lowest BCUT2D eigenvalue weighted by molar-refractivity contribution is 0.0525. The van der Waals surface area contributed by atoms with Crippen molar-refractivity contribution >= 4 is 23.5 Å². The maximum atomic E-state index is 12.2. The third kappa shape index (κ3) is 5.46. The summed E-state index contributed by atoms with van der Waals surface area (Å²) in [4.78, 5) is 22.9. The molecule has 0 aromatic carbocycles.